The van der Waals surface area contributed by atoms with Gasteiger partial charge >= 0.3 is 0 Å². The van der Waals surface area contributed by atoms with Crippen LogP contribution in [0, 0.1) is 18.3 Å². The van der Waals surface area contributed by atoms with Crippen LogP contribution in [0.1, 0.15) is 155 Å². The van der Waals surface area contributed by atoms with Crippen LogP contribution >= 0.6 is 23.2 Å². The van der Waals surface area contributed by atoms with Crippen LogP contribution in [0.2, 0.25) is 10.0 Å². The van der Waals surface area contributed by atoms with E-state index in [-0.39, 0.29) is 11.4 Å². The second kappa shape index (κ2) is 32.2. The summed E-state index contributed by atoms with van der Waals surface area (Å²) in [6, 6.07) is 13.2. The Kier molecular flexibility index (Phi) is 30.0. The zero-order valence-corrected chi connectivity index (χ0v) is 37.8. The molecule has 57 heavy (non-hydrogen) atoms. The lowest BCUT2D eigenvalue weighted by atomic mass is 10.0. The first-order chi connectivity index (χ1) is 27.3. The van der Waals surface area contributed by atoms with Gasteiger partial charge in [0.2, 0.25) is 5.88 Å². The smallest absolute Gasteiger partial charge is 0.243 e. The van der Waals surface area contributed by atoms with Crippen molar-refractivity contribution in [2.75, 3.05) is 20.3 Å². The molecule has 0 saturated heterocycles. The third kappa shape index (κ3) is 23.2. The summed E-state index contributed by atoms with van der Waals surface area (Å²) in [7, 11) is 1.76. The molecule has 0 radical (unpaired) electrons. The number of aldehydes is 1. The van der Waals surface area contributed by atoms with Crippen molar-refractivity contribution < 1.29 is 23.8 Å². The van der Waals surface area contributed by atoms with E-state index in [1.165, 1.54) is 45.4 Å². The molecular formula is C46H68Cl2N4O5. The molecule has 1 heterocycles. The van der Waals surface area contributed by atoms with Crippen LogP contribution in [0.4, 0.5) is 5.69 Å². The molecule has 9 nitrogen and oxygen atoms in total. The lowest BCUT2D eigenvalue weighted by Gasteiger charge is -2.16. The van der Waals surface area contributed by atoms with E-state index in [0.29, 0.717) is 46.8 Å². The minimum absolute atomic E-state index is 0.154. The molecule has 0 atom stereocenters. The van der Waals surface area contributed by atoms with Crippen LogP contribution < -0.4 is 9.47 Å². The molecule has 4 rings (SSSR count). The summed E-state index contributed by atoms with van der Waals surface area (Å²) in [5, 5.41) is 9.87. The van der Waals surface area contributed by atoms with Crippen LogP contribution in [0.25, 0.3) is 0 Å². The Morgan fingerprint density at radius 1 is 0.965 bits per heavy atom. The highest BCUT2D eigenvalue weighted by Crippen LogP contribution is 2.42. The molecule has 1 aliphatic carbocycles. The number of Topliss-reactive ketones (excluding diaryl/α,β-unsaturated/α-hetero) is 1. The van der Waals surface area contributed by atoms with Gasteiger partial charge in [0, 0.05) is 30.7 Å². The number of hydrogen-bond acceptors (Lipinski definition) is 9. The van der Waals surface area contributed by atoms with Crippen LogP contribution in [0.3, 0.4) is 0 Å². The van der Waals surface area contributed by atoms with Crippen molar-refractivity contribution in [2.24, 2.45) is 4.99 Å². The van der Waals surface area contributed by atoms with E-state index in [2.05, 4.69) is 50.7 Å². The van der Waals surface area contributed by atoms with Crippen LogP contribution in [-0.2, 0) is 20.7 Å². The number of ketones is 1. The highest BCUT2D eigenvalue weighted by molar-refractivity contribution is 6.35. The number of carbonyl (C=O) groups excluding carboxylic acids is 2. The van der Waals surface area contributed by atoms with Gasteiger partial charge in [-0.05, 0) is 102 Å². The van der Waals surface area contributed by atoms with Gasteiger partial charge in [0.15, 0.2) is 0 Å². The predicted molar refractivity (Wildman–Crippen MR) is 237 cm³/mol. The van der Waals surface area contributed by atoms with Gasteiger partial charge in [0.05, 0.1) is 34.7 Å². The van der Waals surface area contributed by atoms with Gasteiger partial charge in [-0.1, -0.05) is 102 Å². The fourth-order valence-corrected chi connectivity index (χ4v) is 5.36. The Hall–Kier alpha value is -3.84. The average molecular weight is 828 g/mol. The first kappa shape index (κ1) is 53.2. The third-order valence-corrected chi connectivity index (χ3v) is 8.88. The number of halogens is 2. The van der Waals surface area contributed by atoms with Gasteiger partial charge < -0.3 is 23.8 Å². The largest absolute Gasteiger partial charge is 0.492 e. The standard InChI is InChI=1S/C25H32ClN3O3.C9H8ClN.C7H16O.C3H8.C2H4O/c1-5-6-11-20(19-10-7-12-21(22(19)26)31-15-8-9-17(2)30)29-23-18(3)27-16-28-24(23)32-25(4)13-14-25;1-2-7-5-9(10)4-3-8(7)6-11;1-3-4-5-6-7-8-2;1-3-2;1-2-3/h7,10,12,16H,5-6,8-9,11,13-15H2,1-4H3;3-5H,2H2,1H3;3-7H2,1-2H3;3H2,1-2H3;2H,1H3. The zero-order chi connectivity index (χ0) is 43.1. The van der Waals surface area contributed by atoms with Gasteiger partial charge in [-0.15, -0.1) is 0 Å². The molecule has 1 aliphatic rings. The summed E-state index contributed by atoms with van der Waals surface area (Å²) in [5.74, 6) is 1.26. The number of ether oxygens (including phenoxy) is 3. The fourth-order valence-electron chi connectivity index (χ4n) is 4.88. The number of hydrogen-bond donors (Lipinski definition) is 0. The van der Waals surface area contributed by atoms with Gasteiger partial charge in [0.1, 0.15) is 35.4 Å². The highest BCUT2D eigenvalue weighted by atomic mass is 35.5. The van der Waals surface area contributed by atoms with Gasteiger partial charge in [-0.3, -0.25) is 0 Å². The summed E-state index contributed by atoms with van der Waals surface area (Å²) in [6.45, 7) is 19.0. The molecule has 1 fully saturated rings. The number of aromatic nitrogens is 2. The molecule has 316 valence electrons. The van der Waals surface area contributed by atoms with Crippen molar-refractivity contribution >= 4 is 46.7 Å². The lowest BCUT2D eigenvalue weighted by Crippen LogP contribution is -2.14. The number of nitriles is 1. The molecule has 0 unspecified atom stereocenters. The molecule has 11 heteroatoms. The van der Waals surface area contributed by atoms with Crippen LogP contribution in [0.5, 0.6) is 11.6 Å². The van der Waals surface area contributed by atoms with Crippen molar-refractivity contribution in [2.45, 2.75) is 151 Å². The number of rotatable bonds is 18. The van der Waals surface area contributed by atoms with Gasteiger partial charge in [-0.25, -0.2) is 9.98 Å². The Morgan fingerprint density at radius 3 is 2.19 bits per heavy atom. The first-order valence-electron chi connectivity index (χ1n) is 20.4. The van der Waals surface area contributed by atoms with E-state index in [1.54, 1.807) is 26.2 Å². The van der Waals surface area contributed by atoms with E-state index in [4.69, 9.17) is 52.5 Å². The SMILES string of the molecule is CC=O.CCC.CCCCC(=Nc1c(C)ncnc1OC1(C)CC1)c1cccc(OCCCC(C)=O)c1Cl.CCCCCCOC.CCc1cc(Cl)ccc1C#N. The molecule has 1 saturated carbocycles. The summed E-state index contributed by atoms with van der Waals surface area (Å²) in [5.41, 5.74) is 4.67. The normalized spacial score (nSPS) is 12.0. The summed E-state index contributed by atoms with van der Waals surface area (Å²) >= 11 is 12.5. The fraction of sp³-hybridized carbons (Fsp3) is 0.565. The number of aliphatic imine (C=N–C) groups is 1. The summed E-state index contributed by atoms with van der Waals surface area (Å²) in [6.07, 6.45) is 15.5. The highest BCUT2D eigenvalue weighted by Gasteiger charge is 2.41. The number of methoxy groups -OCH3 is 1. The molecule has 0 bridgehead atoms. The lowest BCUT2D eigenvalue weighted by molar-refractivity contribution is -0.117. The Labute approximate surface area is 354 Å². The van der Waals surface area contributed by atoms with Crippen molar-refractivity contribution in [3.8, 4) is 17.7 Å². The van der Waals surface area contributed by atoms with Gasteiger partial charge in [-0.2, -0.15) is 10.2 Å². The van der Waals surface area contributed by atoms with Crippen molar-refractivity contribution in [1.29, 1.82) is 5.26 Å². The molecule has 0 amide bonds. The van der Waals surface area contributed by atoms with E-state index in [9.17, 15) is 4.79 Å². The Morgan fingerprint density at radius 2 is 1.63 bits per heavy atom. The quantitative estimate of drug-likeness (QED) is 0.0705. The zero-order valence-electron chi connectivity index (χ0n) is 36.3. The van der Waals surface area contributed by atoms with E-state index < -0.39 is 0 Å². The van der Waals surface area contributed by atoms with Crippen molar-refractivity contribution in [3.63, 3.8) is 0 Å². The molecular weight excluding hydrogens is 759 g/mol. The molecule has 1 aromatic heterocycles. The molecule has 3 aromatic rings. The number of benzene rings is 2. The van der Waals surface area contributed by atoms with Crippen molar-refractivity contribution in [3.05, 3.63) is 75.2 Å². The monoisotopic (exact) mass is 826 g/mol. The number of nitrogens with zero attached hydrogens (tertiary/aromatic N) is 4. The van der Waals surface area contributed by atoms with E-state index in [0.717, 1.165) is 79.5 Å². The van der Waals surface area contributed by atoms with Crippen molar-refractivity contribution in [1.82, 2.24) is 9.97 Å². The number of carbonyl (C=O) groups is 2. The summed E-state index contributed by atoms with van der Waals surface area (Å²) < 4.78 is 16.9. The van der Waals surface area contributed by atoms with Crippen LogP contribution in [0.15, 0.2) is 47.7 Å². The third-order valence-electron chi connectivity index (χ3n) is 8.26. The Bertz CT molecular complexity index is 1650. The number of unbranched alkanes of at least 4 members (excludes halogenated alkanes) is 4. The molecule has 2 aromatic carbocycles. The average Bonchev–Trinajstić information content (AvgIpc) is 3.92. The molecule has 0 N–H and O–H groups in total. The maximum absolute atomic E-state index is 11.2. The van der Waals surface area contributed by atoms with Gasteiger partial charge in [0.25, 0.3) is 0 Å². The molecule has 0 aliphatic heterocycles. The predicted octanol–water partition coefficient (Wildman–Crippen LogP) is 13.0. The Balaban J connectivity index is 0.00000102. The summed E-state index contributed by atoms with van der Waals surface area (Å²) in [4.78, 5) is 33.7. The maximum atomic E-state index is 11.2. The minimum atomic E-state index is -0.167. The first-order valence-corrected chi connectivity index (χ1v) is 21.2. The number of aryl methyl sites for hydroxylation is 2. The van der Waals surface area contributed by atoms with E-state index >= 15 is 0 Å². The van der Waals surface area contributed by atoms with E-state index in [1.807, 2.05) is 38.1 Å². The maximum Gasteiger partial charge on any atom is 0.243 e. The topological polar surface area (TPSA) is 124 Å². The second-order valence-corrected chi connectivity index (χ2v) is 14.7. The van der Waals surface area contributed by atoms with Crippen LogP contribution in [-0.4, -0.2) is 53.7 Å². The molecule has 0 spiro atoms. The minimum Gasteiger partial charge on any atom is -0.492 e. The second-order valence-electron chi connectivity index (χ2n) is 13.9.